The molecule has 0 fully saturated rings. The minimum Gasteiger partial charge on any atom is -0.478 e. The van der Waals surface area contributed by atoms with Crippen molar-refractivity contribution in [2.45, 2.75) is 13.3 Å². The van der Waals surface area contributed by atoms with Crippen LogP contribution in [0.25, 0.3) is 0 Å². The molecule has 0 amide bonds. The molecule has 0 aliphatic heterocycles. The molecular weight excluding hydrogens is 184 g/mol. The molecule has 0 aliphatic rings. The first-order valence-electron chi connectivity index (χ1n) is 3.96. The molecule has 0 aromatic rings. The van der Waals surface area contributed by atoms with Crippen molar-refractivity contribution in [1.82, 2.24) is 0 Å². The van der Waals surface area contributed by atoms with Crippen LogP contribution in [0.15, 0.2) is 37.0 Å². The van der Waals surface area contributed by atoms with Crippen LogP contribution < -0.4 is 0 Å². The van der Waals surface area contributed by atoms with E-state index >= 15 is 0 Å². The van der Waals surface area contributed by atoms with Gasteiger partial charge in [-0.1, -0.05) is 31.7 Å². The predicted octanol–water partition coefficient (Wildman–Crippen LogP) is 1.85. The maximum absolute atomic E-state index is 9.55. The number of rotatable bonds is 4. The molecule has 0 saturated heterocycles. The Hall–Kier alpha value is -1.84. The van der Waals surface area contributed by atoms with Crippen molar-refractivity contribution in [3.63, 3.8) is 0 Å². The number of hydrogen-bond donors (Lipinski definition) is 2. The monoisotopic (exact) mass is 198 g/mol. The molecule has 0 spiro atoms. The Morgan fingerprint density at radius 3 is 1.79 bits per heavy atom. The smallest absolute Gasteiger partial charge is 0.328 e. The van der Waals surface area contributed by atoms with Crippen LogP contribution in [0.1, 0.15) is 13.3 Å². The summed E-state index contributed by atoms with van der Waals surface area (Å²) in [4.78, 5) is 19.1. The first-order valence-corrected chi connectivity index (χ1v) is 3.96. The number of aliphatic carboxylic acids is 2. The summed E-state index contributed by atoms with van der Waals surface area (Å²) in [6, 6.07) is 0. The normalized spacial score (nSPS) is 9.50. The summed E-state index contributed by atoms with van der Waals surface area (Å²) >= 11 is 0. The average molecular weight is 198 g/mol. The average Bonchev–Trinajstić information content (AvgIpc) is 2.12. The molecule has 0 atom stereocenters. The number of hydrogen-bond acceptors (Lipinski definition) is 2. The van der Waals surface area contributed by atoms with Crippen molar-refractivity contribution in [3.8, 4) is 0 Å². The van der Waals surface area contributed by atoms with Crippen LogP contribution >= 0.6 is 0 Å². The van der Waals surface area contributed by atoms with Crippen LogP contribution in [0.2, 0.25) is 0 Å². The highest BCUT2D eigenvalue weighted by Crippen LogP contribution is 1.76. The summed E-state index contributed by atoms with van der Waals surface area (Å²) in [5.41, 5.74) is 0. The van der Waals surface area contributed by atoms with E-state index in [9.17, 15) is 9.59 Å². The Balaban J connectivity index is 0. The van der Waals surface area contributed by atoms with Crippen LogP contribution in [0.3, 0.4) is 0 Å². The third-order valence-electron chi connectivity index (χ3n) is 0.876. The van der Waals surface area contributed by atoms with Crippen molar-refractivity contribution in [2.24, 2.45) is 0 Å². The molecule has 14 heavy (non-hydrogen) atoms. The van der Waals surface area contributed by atoms with Gasteiger partial charge in [-0.2, -0.15) is 0 Å². The molecule has 78 valence electrons. The summed E-state index contributed by atoms with van der Waals surface area (Å²) < 4.78 is 0. The van der Waals surface area contributed by atoms with E-state index < -0.39 is 11.9 Å². The van der Waals surface area contributed by atoms with Crippen molar-refractivity contribution >= 4 is 11.9 Å². The molecule has 0 aromatic carbocycles. The van der Waals surface area contributed by atoms with E-state index in [1.54, 1.807) is 6.08 Å². The van der Waals surface area contributed by atoms with Crippen LogP contribution in [-0.4, -0.2) is 22.2 Å². The molecular formula is C10H14O4. The molecule has 0 aromatic heterocycles. The molecule has 0 aliphatic carbocycles. The summed E-state index contributed by atoms with van der Waals surface area (Å²) in [5.74, 6) is -2.51. The lowest BCUT2D eigenvalue weighted by molar-refractivity contribution is -0.134. The topological polar surface area (TPSA) is 74.6 Å². The van der Waals surface area contributed by atoms with Gasteiger partial charge in [-0.3, -0.25) is 0 Å². The van der Waals surface area contributed by atoms with Crippen LogP contribution in [0.5, 0.6) is 0 Å². The molecule has 0 radical (unpaired) electrons. The Morgan fingerprint density at radius 1 is 1.21 bits per heavy atom. The Kier molecular flexibility index (Phi) is 11.7. The Bertz CT molecular complexity index is 223. The van der Waals surface area contributed by atoms with Crippen molar-refractivity contribution in [1.29, 1.82) is 0 Å². The van der Waals surface area contributed by atoms with Gasteiger partial charge in [0.25, 0.3) is 0 Å². The van der Waals surface area contributed by atoms with E-state index in [1.165, 1.54) is 0 Å². The minimum absolute atomic E-state index is 0.558. The second kappa shape index (κ2) is 11.2. The number of carboxylic acid groups (broad SMARTS) is 2. The van der Waals surface area contributed by atoms with E-state index in [2.05, 4.69) is 19.6 Å². The summed E-state index contributed by atoms with van der Waals surface area (Å²) in [7, 11) is 0. The van der Waals surface area contributed by atoms with E-state index in [1.807, 2.05) is 6.08 Å². The van der Waals surface area contributed by atoms with Crippen molar-refractivity contribution in [2.75, 3.05) is 0 Å². The first-order chi connectivity index (χ1) is 6.54. The van der Waals surface area contributed by atoms with Crippen LogP contribution in [0, 0.1) is 0 Å². The van der Waals surface area contributed by atoms with Crippen LogP contribution in [-0.2, 0) is 9.59 Å². The van der Waals surface area contributed by atoms with Crippen molar-refractivity contribution in [3.05, 3.63) is 37.0 Å². The molecule has 0 bridgehead atoms. The lowest BCUT2D eigenvalue weighted by Crippen LogP contribution is -1.91. The second-order valence-electron chi connectivity index (χ2n) is 2.08. The number of allylic oxidation sites excluding steroid dienone is 3. The van der Waals surface area contributed by atoms with Crippen LogP contribution in [0.4, 0.5) is 0 Å². The minimum atomic E-state index is -1.26. The van der Waals surface area contributed by atoms with Gasteiger partial charge in [-0.15, -0.1) is 0 Å². The molecule has 2 N–H and O–H groups in total. The van der Waals surface area contributed by atoms with E-state index in [4.69, 9.17) is 10.2 Å². The highest BCUT2D eigenvalue weighted by atomic mass is 16.4. The van der Waals surface area contributed by atoms with Gasteiger partial charge < -0.3 is 10.2 Å². The van der Waals surface area contributed by atoms with E-state index in [0.717, 1.165) is 6.42 Å². The van der Waals surface area contributed by atoms with E-state index in [-0.39, 0.29) is 0 Å². The zero-order valence-electron chi connectivity index (χ0n) is 8.01. The maximum atomic E-state index is 9.55. The van der Waals surface area contributed by atoms with Gasteiger partial charge in [0.2, 0.25) is 0 Å². The molecule has 0 saturated carbocycles. The maximum Gasteiger partial charge on any atom is 0.328 e. The zero-order chi connectivity index (χ0) is 11.4. The second-order valence-corrected chi connectivity index (χ2v) is 2.08. The van der Waals surface area contributed by atoms with Gasteiger partial charge in [0.1, 0.15) is 0 Å². The van der Waals surface area contributed by atoms with Gasteiger partial charge in [0.15, 0.2) is 0 Å². The van der Waals surface area contributed by atoms with Gasteiger partial charge in [-0.25, -0.2) is 9.59 Å². The Morgan fingerprint density at radius 2 is 1.64 bits per heavy atom. The fourth-order valence-corrected chi connectivity index (χ4v) is 0.375. The molecule has 0 rings (SSSR count). The molecule has 4 nitrogen and oxygen atoms in total. The predicted molar refractivity (Wildman–Crippen MR) is 54.0 cm³/mol. The van der Waals surface area contributed by atoms with Gasteiger partial charge in [-0.05, 0) is 6.42 Å². The fourth-order valence-electron chi connectivity index (χ4n) is 0.375. The largest absolute Gasteiger partial charge is 0.478 e. The molecule has 4 heteroatoms. The quantitative estimate of drug-likeness (QED) is 0.534. The molecule has 0 heterocycles. The first kappa shape index (κ1) is 14.7. The van der Waals surface area contributed by atoms with Gasteiger partial charge in [0.05, 0.1) is 0 Å². The zero-order valence-corrected chi connectivity index (χ0v) is 8.01. The SMILES string of the molecule is C=CC=CCC.O=C(O)/C=C\C(=O)O. The third-order valence-corrected chi connectivity index (χ3v) is 0.876. The Labute approximate surface area is 82.9 Å². The lowest BCUT2D eigenvalue weighted by Gasteiger charge is -1.74. The number of carbonyl (C=O) groups is 2. The third kappa shape index (κ3) is 22.5. The fraction of sp³-hybridized carbons (Fsp3) is 0.200. The summed E-state index contributed by atoms with van der Waals surface area (Å²) in [6.07, 6.45) is 8.01. The highest BCUT2D eigenvalue weighted by Gasteiger charge is 1.88. The van der Waals surface area contributed by atoms with Gasteiger partial charge in [0, 0.05) is 12.2 Å². The highest BCUT2D eigenvalue weighted by molar-refractivity contribution is 5.89. The summed E-state index contributed by atoms with van der Waals surface area (Å²) in [5, 5.41) is 15.6. The lowest BCUT2D eigenvalue weighted by atomic mass is 10.4. The number of carboxylic acids is 2. The summed E-state index contributed by atoms with van der Waals surface area (Å²) in [6.45, 7) is 5.61. The van der Waals surface area contributed by atoms with Gasteiger partial charge >= 0.3 is 11.9 Å². The van der Waals surface area contributed by atoms with Crippen molar-refractivity contribution < 1.29 is 19.8 Å². The van der Waals surface area contributed by atoms with E-state index in [0.29, 0.717) is 12.2 Å². The molecule has 0 unspecified atom stereocenters. The standard InChI is InChI=1S/C6H10.C4H4O4/c1-3-5-6-4-2;5-3(6)1-2-4(7)8/h3,5-6H,1,4H2,2H3;1-2H,(H,5,6)(H,7,8)/b;2-1-.